The molecule has 1 fully saturated rings. The SMILES string of the molecule is Cc1cocc1C1(F)CCNCC1C. The molecule has 2 rings (SSSR count). The van der Waals surface area contributed by atoms with Crippen molar-refractivity contribution in [3.05, 3.63) is 23.7 Å². The quantitative estimate of drug-likeness (QED) is 0.747. The van der Waals surface area contributed by atoms with Crippen LogP contribution in [0, 0.1) is 12.8 Å². The molecule has 0 radical (unpaired) electrons. The summed E-state index contributed by atoms with van der Waals surface area (Å²) in [5, 5.41) is 3.20. The number of furan rings is 1. The van der Waals surface area contributed by atoms with Gasteiger partial charge in [0.2, 0.25) is 0 Å². The first-order valence-corrected chi connectivity index (χ1v) is 5.07. The van der Waals surface area contributed by atoms with E-state index < -0.39 is 5.67 Å². The van der Waals surface area contributed by atoms with E-state index in [9.17, 15) is 4.39 Å². The molecule has 2 heterocycles. The molecular formula is C11H16FNO. The van der Waals surface area contributed by atoms with Gasteiger partial charge in [-0.15, -0.1) is 0 Å². The third kappa shape index (κ3) is 1.36. The Morgan fingerprint density at radius 3 is 2.93 bits per heavy atom. The number of hydrogen-bond donors (Lipinski definition) is 1. The summed E-state index contributed by atoms with van der Waals surface area (Å²) >= 11 is 0. The summed E-state index contributed by atoms with van der Waals surface area (Å²) in [7, 11) is 0. The molecule has 0 aliphatic carbocycles. The van der Waals surface area contributed by atoms with Crippen LogP contribution in [0.5, 0.6) is 0 Å². The van der Waals surface area contributed by atoms with Crippen LogP contribution in [-0.4, -0.2) is 13.1 Å². The molecule has 3 heteroatoms. The first kappa shape index (κ1) is 9.71. The van der Waals surface area contributed by atoms with E-state index in [-0.39, 0.29) is 5.92 Å². The second-order valence-corrected chi connectivity index (χ2v) is 4.19. The maximum absolute atomic E-state index is 14.7. The summed E-state index contributed by atoms with van der Waals surface area (Å²) in [6.45, 7) is 5.32. The lowest BCUT2D eigenvalue weighted by Gasteiger charge is -2.36. The second kappa shape index (κ2) is 3.39. The highest BCUT2D eigenvalue weighted by molar-refractivity contribution is 5.28. The van der Waals surface area contributed by atoms with Crippen molar-refractivity contribution in [2.24, 2.45) is 5.92 Å². The van der Waals surface area contributed by atoms with Gasteiger partial charge >= 0.3 is 0 Å². The molecule has 0 amide bonds. The van der Waals surface area contributed by atoms with Crippen LogP contribution < -0.4 is 5.32 Å². The van der Waals surface area contributed by atoms with Gasteiger partial charge in [-0.1, -0.05) is 6.92 Å². The highest BCUT2D eigenvalue weighted by Crippen LogP contribution is 2.40. The van der Waals surface area contributed by atoms with Crippen LogP contribution >= 0.6 is 0 Å². The predicted molar refractivity (Wildman–Crippen MR) is 52.9 cm³/mol. The topological polar surface area (TPSA) is 25.2 Å². The van der Waals surface area contributed by atoms with Gasteiger partial charge in [0.05, 0.1) is 12.5 Å². The molecule has 1 saturated heterocycles. The highest BCUT2D eigenvalue weighted by Gasteiger charge is 2.41. The smallest absolute Gasteiger partial charge is 0.144 e. The molecule has 0 saturated carbocycles. The molecule has 1 N–H and O–H groups in total. The standard InChI is InChI=1S/C11H16FNO/c1-8-6-14-7-10(8)11(12)3-4-13-5-9(11)2/h6-7,9,13H,3-5H2,1-2H3. The van der Waals surface area contributed by atoms with Crippen LogP contribution in [0.25, 0.3) is 0 Å². The van der Waals surface area contributed by atoms with E-state index in [2.05, 4.69) is 5.32 Å². The van der Waals surface area contributed by atoms with E-state index in [0.717, 1.165) is 24.2 Å². The van der Waals surface area contributed by atoms with Crippen LogP contribution in [0.1, 0.15) is 24.5 Å². The molecule has 1 aromatic heterocycles. The average Bonchev–Trinajstić information content (AvgIpc) is 2.57. The molecule has 1 aromatic rings. The number of piperidine rings is 1. The largest absolute Gasteiger partial charge is 0.472 e. The minimum Gasteiger partial charge on any atom is -0.472 e. The summed E-state index contributed by atoms with van der Waals surface area (Å²) in [5.74, 6) is 0.00699. The summed E-state index contributed by atoms with van der Waals surface area (Å²) < 4.78 is 19.7. The number of halogens is 1. The third-order valence-corrected chi connectivity index (χ3v) is 3.20. The lowest BCUT2D eigenvalue weighted by atomic mass is 9.79. The van der Waals surface area contributed by atoms with E-state index in [1.165, 1.54) is 0 Å². The zero-order valence-electron chi connectivity index (χ0n) is 8.64. The molecule has 1 aliphatic rings. The van der Waals surface area contributed by atoms with Crippen LogP contribution in [0.3, 0.4) is 0 Å². The highest BCUT2D eigenvalue weighted by atomic mass is 19.1. The van der Waals surface area contributed by atoms with E-state index in [0.29, 0.717) is 6.42 Å². The fraction of sp³-hybridized carbons (Fsp3) is 0.636. The monoisotopic (exact) mass is 197 g/mol. The normalized spacial score (nSPS) is 33.2. The van der Waals surface area contributed by atoms with Crippen LogP contribution in [-0.2, 0) is 5.67 Å². The number of alkyl halides is 1. The fourth-order valence-corrected chi connectivity index (χ4v) is 2.18. The van der Waals surface area contributed by atoms with E-state index >= 15 is 0 Å². The van der Waals surface area contributed by atoms with Gasteiger partial charge in [-0.05, 0) is 25.5 Å². The first-order chi connectivity index (χ1) is 6.64. The summed E-state index contributed by atoms with van der Waals surface area (Å²) in [6.07, 6.45) is 3.71. The van der Waals surface area contributed by atoms with Gasteiger partial charge in [0, 0.05) is 18.0 Å². The number of aryl methyl sites for hydroxylation is 1. The van der Waals surface area contributed by atoms with Crippen molar-refractivity contribution in [1.82, 2.24) is 5.32 Å². The van der Waals surface area contributed by atoms with Gasteiger partial charge < -0.3 is 9.73 Å². The van der Waals surface area contributed by atoms with Gasteiger partial charge in [-0.3, -0.25) is 0 Å². The Morgan fingerprint density at radius 2 is 2.36 bits per heavy atom. The molecular weight excluding hydrogens is 181 g/mol. The molecule has 2 nitrogen and oxygen atoms in total. The van der Waals surface area contributed by atoms with Gasteiger partial charge in [0.1, 0.15) is 5.67 Å². The molecule has 1 aliphatic heterocycles. The van der Waals surface area contributed by atoms with Crippen molar-refractivity contribution < 1.29 is 8.81 Å². The molecule has 14 heavy (non-hydrogen) atoms. The average molecular weight is 197 g/mol. The molecule has 0 spiro atoms. The molecule has 0 bridgehead atoms. The van der Waals surface area contributed by atoms with Crippen molar-refractivity contribution >= 4 is 0 Å². The summed E-state index contributed by atoms with van der Waals surface area (Å²) in [5.41, 5.74) is 0.440. The molecule has 2 unspecified atom stereocenters. The van der Waals surface area contributed by atoms with Gasteiger partial charge in [0.15, 0.2) is 0 Å². The maximum Gasteiger partial charge on any atom is 0.144 e. The maximum atomic E-state index is 14.7. The Hall–Kier alpha value is -0.830. The van der Waals surface area contributed by atoms with Gasteiger partial charge in [0.25, 0.3) is 0 Å². The van der Waals surface area contributed by atoms with Crippen LogP contribution in [0.2, 0.25) is 0 Å². The predicted octanol–water partition coefficient (Wildman–Crippen LogP) is 2.38. The number of nitrogens with one attached hydrogen (secondary N) is 1. The molecule has 2 atom stereocenters. The summed E-state index contributed by atoms with van der Waals surface area (Å²) in [6, 6.07) is 0. The summed E-state index contributed by atoms with van der Waals surface area (Å²) in [4.78, 5) is 0. The van der Waals surface area contributed by atoms with Crippen molar-refractivity contribution in [1.29, 1.82) is 0 Å². The minimum atomic E-state index is -1.21. The van der Waals surface area contributed by atoms with Gasteiger partial charge in [-0.25, -0.2) is 4.39 Å². The van der Waals surface area contributed by atoms with Crippen LogP contribution in [0.4, 0.5) is 4.39 Å². The number of hydrogen-bond acceptors (Lipinski definition) is 2. The van der Waals surface area contributed by atoms with E-state index in [1.807, 2.05) is 13.8 Å². The van der Waals surface area contributed by atoms with Crippen molar-refractivity contribution in [3.8, 4) is 0 Å². The van der Waals surface area contributed by atoms with Crippen LogP contribution in [0.15, 0.2) is 16.9 Å². The Kier molecular flexibility index (Phi) is 2.35. The zero-order chi connectivity index (χ0) is 10.2. The number of rotatable bonds is 1. The Morgan fingerprint density at radius 1 is 1.57 bits per heavy atom. The van der Waals surface area contributed by atoms with E-state index in [1.54, 1.807) is 12.5 Å². The van der Waals surface area contributed by atoms with Crippen molar-refractivity contribution in [2.75, 3.05) is 13.1 Å². The molecule has 0 aromatic carbocycles. The Labute approximate surface area is 83.5 Å². The lowest BCUT2D eigenvalue weighted by molar-refractivity contribution is 0.0538. The zero-order valence-corrected chi connectivity index (χ0v) is 8.64. The second-order valence-electron chi connectivity index (χ2n) is 4.19. The Balaban J connectivity index is 2.34. The third-order valence-electron chi connectivity index (χ3n) is 3.20. The van der Waals surface area contributed by atoms with E-state index in [4.69, 9.17) is 4.42 Å². The fourth-order valence-electron chi connectivity index (χ4n) is 2.18. The van der Waals surface area contributed by atoms with Crippen molar-refractivity contribution in [2.45, 2.75) is 25.9 Å². The first-order valence-electron chi connectivity index (χ1n) is 5.07. The minimum absolute atomic E-state index is 0.00699. The molecule has 78 valence electrons. The Bertz CT molecular complexity index is 323. The lowest BCUT2D eigenvalue weighted by Crippen LogP contribution is -2.44. The van der Waals surface area contributed by atoms with Gasteiger partial charge in [-0.2, -0.15) is 0 Å². The van der Waals surface area contributed by atoms with Crippen molar-refractivity contribution in [3.63, 3.8) is 0 Å².